The fourth-order valence-electron chi connectivity index (χ4n) is 0. The number of hydrogen-bond donors (Lipinski definition) is 2. The first-order valence-corrected chi connectivity index (χ1v) is 2.83. The van der Waals surface area contributed by atoms with Crippen LogP contribution in [0.3, 0.4) is 0 Å². The van der Waals surface area contributed by atoms with Crippen molar-refractivity contribution >= 4 is 23.2 Å². The van der Waals surface area contributed by atoms with Crippen LogP contribution in [-0.4, -0.2) is 20.3 Å². The molecule has 0 aliphatic heterocycles. The standard InChI is InChI=1S/C4H8Cl2O2/c1-3(2,7)4(5,6)8/h7-8H,1-2H3. The second-order valence-corrected chi connectivity index (χ2v) is 3.39. The van der Waals surface area contributed by atoms with Crippen molar-refractivity contribution in [1.29, 1.82) is 0 Å². The van der Waals surface area contributed by atoms with Crippen LogP contribution >= 0.6 is 23.2 Å². The minimum atomic E-state index is -2.06. The lowest BCUT2D eigenvalue weighted by Gasteiger charge is -2.26. The molecule has 2 N–H and O–H groups in total. The summed E-state index contributed by atoms with van der Waals surface area (Å²) >= 11 is 10.2. The Morgan fingerprint density at radius 2 is 1.25 bits per heavy atom. The highest BCUT2D eigenvalue weighted by Crippen LogP contribution is 2.29. The Balaban J connectivity index is 4.02. The summed E-state index contributed by atoms with van der Waals surface area (Å²) in [5.41, 5.74) is -1.48. The minimum absolute atomic E-state index is 1.31. The average Bonchev–Trinajstić information content (AvgIpc) is 1.25. The first-order valence-electron chi connectivity index (χ1n) is 2.08. The van der Waals surface area contributed by atoms with E-state index in [0.717, 1.165) is 0 Å². The lowest BCUT2D eigenvalue weighted by Crippen LogP contribution is -2.40. The van der Waals surface area contributed by atoms with Crippen LogP contribution in [0.1, 0.15) is 13.8 Å². The molecule has 0 aromatic carbocycles. The third kappa shape index (κ3) is 2.18. The van der Waals surface area contributed by atoms with E-state index in [2.05, 4.69) is 0 Å². The minimum Gasteiger partial charge on any atom is -0.385 e. The van der Waals surface area contributed by atoms with Gasteiger partial charge in [-0.2, -0.15) is 0 Å². The summed E-state index contributed by atoms with van der Waals surface area (Å²) < 4.78 is -2.06. The molecule has 0 fully saturated rings. The van der Waals surface area contributed by atoms with Crippen molar-refractivity contribution in [2.75, 3.05) is 0 Å². The maximum atomic E-state index is 8.84. The molecule has 0 bridgehead atoms. The van der Waals surface area contributed by atoms with E-state index in [1.54, 1.807) is 0 Å². The summed E-state index contributed by atoms with van der Waals surface area (Å²) in [5.74, 6) is 0. The van der Waals surface area contributed by atoms with Gasteiger partial charge < -0.3 is 10.2 Å². The molecule has 0 unspecified atom stereocenters. The van der Waals surface area contributed by atoms with Crippen LogP contribution in [0.2, 0.25) is 0 Å². The van der Waals surface area contributed by atoms with Gasteiger partial charge in [-0.3, -0.25) is 0 Å². The van der Waals surface area contributed by atoms with Gasteiger partial charge >= 0.3 is 0 Å². The lowest BCUT2D eigenvalue weighted by atomic mass is 10.1. The number of alkyl halides is 2. The van der Waals surface area contributed by atoms with E-state index in [0.29, 0.717) is 0 Å². The molecule has 8 heavy (non-hydrogen) atoms. The van der Waals surface area contributed by atoms with Crippen molar-refractivity contribution in [2.24, 2.45) is 0 Å². The zero-order valence-corrected chi connectivity index (χ0v) is 6.16. The summed E-state index contributed by atoms with van der Waals surface area (Å²) in [6, 6.07) is 0. The predicted molar refractivity (Wildman–Crippen MR) is 33.0 cm³/mol. The third-order valence-corrected chi connectivity index (χ3v) is 1.66. The van der Waals surface area contributed by atoms with E-state index in [-0.39, 0.29) is 0 Å². The van der Waals surface area contributed by atoms with Gasteiger partial charge in [-0.25, -0.2) is 0 Å². The van der Waals surface area contributed by atoms with Crippen molar-refractivity contribution in [3.8, 4) is 0 Å². The molecule has 0 spiro atoms. The van der Waals surface area contributed by atoms with E-state index in [1.807, 2.05) is 0 Å². The fraction of sp³-hybridized carbons (Fsp3) is 1.00. The SMILES string of the molecule is CC(C)(O)C(O)(Cl)Cl. The van der Waals surface area contributed by atoms with E-state index in [9.17, 15) is 0 Å². The monoisotopic (exact) mass is 158 g/mol. The smallest absolute Gasteiger partial charge is 0.243 e. The van der Waals surface area contributed by atoms with E-state index < -0.39 is 10.1 Å². The molecule has 0 saturated heterocycles. The molecule has 0 aromatic rings. The molecule has 4 heteroatoms. The van der Waals surface area contributed by atoms with Gasteiger partial charge in [0.25, 0.3) is 0 Å². The second kappa shape index (κ2) is 2.03. The largest absolute Gasteiger partial charge is 0.385 e. The van der Waals surface area contributed by atoms with Crippen molar-refractivity contribution < 1.29 is 10.2 Å². The van der Waals surface area contributed by atoms with Gasteiger partial charge in [-0.15, -0.1) is 0 Å². The molecular weight excluding hydrogens is 151 g/mol. The first-order chi connectivity index (χ1) is 3.25. The van der Waals surface area contributed by atoms with Gasteiger partial charge in [-0.05, 0) is 13.8 Å². The Bertz CT molecular complexity index is 67.0. The second-order valence-electron chi connectivity index (χ2n) is 2.10. The maximum absolute atomic E-state index is 8.84. The van der Waals surface area contributed by atoms with Crippen LogP contribution < -0.4 is 0 Å². The van der Waals surface area contributed by atoms with Gasteiger partial charge in [-0.1, -0.05) is 23.2 Å². The van der Waals surface area contributed by atoms with Crippen LogP contribution in [0.4, 0.5) is 0 Å². The number of aliphatic hydroxyl groups is 2. The van der Waals surface area contributed by atoms with Gasteiger partial charge in [0.05, 0.1) is 0 Å². The number of rotatable bonds is 1. The third-order valence-electron chi connectivity index (χ3n) is 0.736. The van der Waals surface area contributed by atoms with Crippen molar-refractivity contribution in [2.45, 2.75) is 24.0 Å². The molecule has 0 aliphatic rings. The van der Waals surface area contributed by atoms with E-state index >= 15 is 0 Å². The maximum Gasteiger partial charge on any atom is 0.243 e. The highest BCUT2D eigenvalue weighted by molar-refractivity contribution is 6.47. The van der Waals surface area contributed by atoms with Crippen LogP contribution in [0.15, 0.2) is 0 Å². The summed E-state index contributed by atoms with van der Waals surface area (Å²) in [4.78, 5) is 0. The van der Waals surface area contributed by atoms with Crippen LogP contribution in [0.25, 0.3) is 0 Å². The van der Waals surface area contributed by atoms with Crippen molar-refractivity contribution in [3.05, 3.63) is 0 Å². The van der Waals surface area contributed by atoms with E-state index in [1.165, 1.54) is 13.8 Å². The van der Waals surface area contributed by atoms with Crippen LogP contribution in [-0.2, 0) is 0 Å². The number of halogens is 2. The summed E-state index contributed by atoms with van der Waals surface area (Å²) in [6.45, 7) is 2.62. The highest BCUT2D eigenvalue weighted by atomic mass is 35.5. The zero-order valence-electron chi connectivity index (χ0n) is 4.65. The molecular formula is C4H8Cl2O2. The molecule has 0 aromatic heterocycles. The zero-order chi connectivity index (χ0) is 7.00. The molecule has 0 atom stereocenters. The first kappa shape index (κ1) is 8.50. The van der Waals surface area contributed by atoms with Crippen LogP contribution in [0, 0.1) is 0 Å². The summed E-state index contributed by atoms with van der Waals surface area (Å²) in [7, 11) is 0. The molecule has 0 aliphatic carbocycles. The number of hydrogen-bond acceptors (Lipinski definition) is 2. The molecule has 0 saturated carbocycles. The Kier molecular flexibility index (Phi) is 2.15. The predicted octanol–water partition coefficient (Wildman–Crippen LogP) is 0.881. The Morgan fingerprint density at radius 3 is 1.25 bits per heavy atom. The average molecular weight is 159 g/mol. The molecule has 50 valence electrons. The Hall–Kier alpha value is 0.500. The molecule has 0 rings (SSSR count). The fourth-order valence-corrected chi connectivity index (χ4v) is 0. The van der Waals surface area contributed by atoms with Gasteiger partial charge in [0.1, 0.15) is 5.60 Å². The molecule has 0 radical (unpaired) electrons. The summed E-state index contributed by atoms with van der Waals surface area (Å²) in [5, 5.41) is 17.5. The normalized spacial score (nSPS) is 14.2. The summed E-state index contributed by atoms with van der Waals surface area (Å²) in [6.07, 6.45) is 0. The lowest BCUT2D eigenvalue weighted by molar-refractivity contribution is -0.0292. The highest BCUT2D eigenvalue weighted by Gasteiger charge is 2.38. The topological polar surface area (TPSA) is 40.5 Å². The van der Waals surface area contributed by atoms with Gasteiger partial charge in [0.15, 0.2) is 0 Å². The van der Waals surface area contributed by atoms with E-state index in [4.69, 9.17) is 33.4 Å². The quantitative estimate of drug-likeness (QED) is 0.557. The Morgan fingerprint density at radius 1 is 1.12 bits per heavy atom. The Labute approximate surface area is 58.0 Å². The van der Waals surface area contributed by atoms with Crippen LogP contribution in [0.5, 0.6) is 0 Å². The van der Waals surface area contributed by atoms with Crippen molar-refractivity contribution in [3.63, 3.8) is 0 Å². The molecule has 0 amide bonds. The van der Waals surface area contributed by atoms with Gasteiger partial charge in [0, 0.05) is 0 Å². The van der Waals surface area contributed by atoms with Gasteiger partial charge in [0.2, 0.25) is 4.52 Å². The molecule has 0 heterocycles. The van der Waals surface area contributed by atoms with Crippen molar-refractivity contribution in [1.82, 2.24) is 0 Å². The molecule has 2 nitrogen and oxygen atoms in total.